The molecule has 2 rings (SSSR count). The van der Waals surface area contributed by atoms with Crippen LogP contribution in [0.5, 0.6) is 0 Å². The topological polar surface area (TPSA) is 52.2 Å². The molecule has 1 heterocycles. The first-order valence-corrected chi connectivity index (χ1v) is 7.77. The molecule has 1 aliphatic carbocycles. The molecular formula is C14H29N2O2+. The highest BCUT2D eigenvalue weighted by Crippen LogP contribution is 2.22. The van der Waals surface area contributed by atoms with Crippen LogP contribution in [0.15, 0.2) is 0 Å². The lowest BCUT2D eigenvalue weighted by Crippen LogP contribution is -3.16. The van der Waals surface area contributed by atoms with Crippen LogP contribution >= 0.6 is 0 Å². The third-order valence-corrected chi connectivity index (χ3v) is 5.07. The van der Waals surface area contributed by atoms with E-state index in [0.717, 1.165) is 31.7 Å². The van der Waals surface area contributed by atoms with Crippen LogP contribution < -0.4 is 10.1 Å². The molecule has 4 heteroatoms. The number of rotatable bonds is 4. The largest absolute Gasteiger partial charge is 0.600 e. The van der Waals surface area contributed by atoms with Crippen LogP contribution in [0, 0.1) is 17.0 Å². The van der Waals surface area contributed by atoms with Crippen LogP contribution in [0.3, 0.4) is 0 Å². The SMILES string of the molecule is CCC1CCC[NH+](CC2CCCCC2[NH+]([O-])O)C1. The lowest BCUT2D eigenvalue weighted by atomic mass is 9.83. The van der Waals surface area contributed by atoms with Crippen molar-refractivity contribution < 1.29 is 15.3 Å². The second-order valence-corrected chi connectivity index (χ2v) is 6.31. The molecule has 0 aromatic heterocycles. The molecule has 4 nitrogen and oxygen atoms in total. The summed E-state index contributed by atoms with van der Waals surface area (Å²) < 4.78 is 0. The number of piperidine rings is 1. The number of hydroxylamine groups is 2. The molecule has 2 fully saturated rings. The Morgan fingerprint density at radius 3 is 2.72 bits per heavy atom. The molecule has 1 saturated carbocycles. The van der Waals surface area contributed by atoms with E-state index in [2.05, 4.69) is 6.92 Å². The molecule has 0 aromatic rings. The highest BCUT2D eigenvalue weighted by atomic mass is 16.8. The van der Waals surface area contributed by atoms with E-state index in [1.54, 1.807) is 4.90 Å². The predicted molar refractivity (Wildman–Crippen MR) is 70.4 cm³/mol. The van der Waals surface area contributed by atoms with E-state index in [4.69, 9.17) is 0 Å². The number of nitrogens with one attached hydrogen (secondary N) is 2. The van der Waals surface area contributed by atoms with Gasteiger partial charge in [-0.25, -0.2) is 10.4 Å². The molecule has 1 aliphatic heterocycles. The van der Waals surface area contributed by atoms with Gasteiger partial charge in [0.05, 0.1) is 25.6 Å². The molecule has 3 N–H and O–H groups in total. The molecule has 0 radical (unpaired) electrons. The Bertz CT molecular complexity index is 248. The van der Waals surface area contributed by atoms with Gasteiger partial charge in [0, 0.05) is 12.3 Å². The van der Waals surface area contributed by atoms with Crippen LogP contribution in [0.25, 0.3) is 0 Å². The molecule has 1 saturated heterocycles. The Morgan fingerprint density at radius 2 is 2.00 bits per heavy atom. The molecule has 0 aromatic carbocycles. The summed E-state index contributed by atoms with van der Waals surface area (Å²) in [5, 5.41) is 20.1. The zero-order chi connectivity index (χ0) is 13.0. The van der Waals surface area contributed by atoms with E-state index in [9.17, 15) is 10.4 Å². The Kier molecular flexibility index (Phi) is 5.42. The standard InChI is InChI=1S/C14H28N2O2/c1-2-12-6-5-9-15(10-12)11-13-7-3-4-8-14(13)16(17)18/h12-14,16-17H,2-11H2,1H3/p+1. The summed E-state index contributed by atoms with van der Waals surface area (Å²) in [6.07, 6.45) is 8.39. The van der Waals surface area contributed by atoms with Crippen LogP contribution in [0.2, 0.25) is 0 Å². The van der Waals surface area contributed by atoms with Gasteiger partial charge in [0.25, 0.3) is 0 Å². The van der Waals surface area contributed by atoms with Gasteiger partial charge in [-0.15, -0.1) is 0 Å². The Morgan fingerprint density at radius 1 is 1.22 bits per heavy atom. The van der Waals surface area contributed by atoms with Crippen molar-refractivity contribution in [3.05, 3.63) is 5.21 Å². The summed E-state index contributed by atoms with van der Waals surface area (Å²) in [6, 6.07) is -0.0618. The third-order valence-electron chi connectivity index (χ3n) is 5.07. The maximum Gasteiger partial charge on any atom is 0.125 e. The third kappa shape index (κ3) is 3.67. The molecule has 18 heavy (non-hydrogen) atoms. The molecule has 106 valence electrons. The van der Waals surface area contributed by atoms with Crippen LogP contribution in [-0.4, -0.2) is 30.9 Å². The molecule has 2 aliphatic rings. The van der Waals surface area contributed by atoms with Crippen LogP contribution in [-0.2, 0) is 0 Å². The zero-order valence-electron chi connectivity index (χ0n) is 11.7. The summed E-state index contributed by atoms with van der Waals surface area (Å²) in [7, 11) is 0. The number of hydrogen-bond acceptors (Lipinski definition) is 2. The van der Waals surface area contributed by atoms with Crippen molar-refractivity contribution in [1.82, 2.24) is 0 Å². The Hall–Kier alpha value is -0.160. The second kappa shape index (κ2) is 6.85. The molecule has 0 bridgehead atoms. The van der Waals surface area contributed by atoms with Crippen molar-refractivity contribution in [2.24, 2.45) is 11.8 Å². The van der Waals surface area contributed by atoms with E-state index in [-0.39, 0.29) is 6.04 Å². The van der Waals surface area contributed by atoms with Gasteiger partial charge in [0.1, 0.15) is 6.04 Å². The minimum Gasteiger partial charge on any atom is -0.600 e. The molecule has 5 unspecified atom stereocenters. The van der Waals surface area contributed by atoms with Crippen molar-refractivity contribution in [2.45, 2.75) is 57.9 Å². The van der Waals surface area contributed by atoms with Crippen molar-refractivity contribution in [3.8, 4) is 0 Å². The first-order valence-electron chi connectivity index (χ1n) is 7.77. The van der Waals surface area contributed by atoms with E-state index < -0.39 is 5.23 Å². The minimum absolute atomic E-state index is 0.0618. The normalized spacial score (nSPS) is 39.5. The monoisotopic (exact) mass is 257 g/mol. The van der Waals surface area contributed by atoms with E-state index in [0.29, 0.717) is 5.92 Å². The summed E-state index contributed by atoms with van der Waals surface area (Å²) in [5.41, 5.74) is 0. The number of hydrogen-bond donors (Lipinski definition) is 3. The van der Waals surface area contributed by atoms with Crippen LogP contribution in [0.4, 0.5) is 0 Å². The lowest BCUT2D eigenvalue weighted by Gasteiger charge is -2.37. The first-order chi connectivity index (χ1) is 8.70. The van der Waals surface area contributed by atoms with Gasteiger partial charge in [0.2, 0.25) is 0 Å². The van der Waals surface area contributed by atoms with E-state index in [1.165, 1.54) is 38.8 Å². The fourth-order valence-electron chi connectivity index (χ4n) is 3.93. The van der Waals surface area contributed by atoms with Gasteiger partial charge in [0.15, 0.2) is 0 Å². The van der Waals surface area contributed by atoms with Crippen LogP contribution in [0.1, 0.15) is 51.9 Å². The first kappa shape index (κ1) is 14.3. The maximum absolute atomic E-state index is 11.3. The van der Waals surface area contributed by atoms with Gasteiger partial charge in [-0.3, -0.25) is 0 Å². The second-order valence-electron chi connectivity index (χ2n) is 6.31. The predicted octanol–water partition coefficient (Wildman–Crippen LogP) is 0.0220. The van der Waals surface area contributed by atoms with Gasteiger partial charge in [-0.1, -0.05) is 13.3 Å². The summed E-state index contributed by atoms with van der Waals surface area (Å²) in [5.74, 6) is 1.31. The highest BCUT2D eigenvalue weighted by molar-refractivity contribution is 4.74. The van der Waals surface area contributed by atoms with Gasteiger partial charge in [-0.2, -0.15) is 0 Å². The Balaban J connectivity index is 1.86. The average molecular weight is 257 g/mol. The maximum atomic E-state index is 11.3. The molecule has 0 spiro atoms. The number of quaternary nitrogens is 2. The Labute approximate surface area is 110 Å². The molecule has 5 atom stereocenters. The minimum atomic E-state index is -0.553. The smallest absolute Gasteiger partial charge is 0.125 e. The van der Waals surface area contributed by atoms with E-state index >= 15 is 0 Å². The lowest BCUT2D eigenvalue weighted by molar-refractivity contribution is -1.07. The summed E-state index contributed by atoms with van der Waals surface area (Å²) in [4.78, 5) is 1.67. The van der Waals surface area contributed by atoms with E-state index in [1.807, 2.05) is 0 Å². The molecule has 0 amide bonds. The van der Waals surface area contributed by atoms with Crippen molar-refractivity contribution in [3.63, 3.8) is 0 Å². The van der Waals surface area contributed by atoms with Crippen molar-refractivity contribution in [1.29, 1.82) is 0 Å². The molecular weight excluding hydrogens is 228 g/mol. The van der Waals surface area contributed by atoms with Gasteiger partial charge >= 0.3 is 0 Å². The quantitative estimate of drug-likeness (QED) is 0.622. The van der Waals surface area contributed by atoms with Gasteiger partial charge < -0.3 is 10.1 Å². The number of likely N-dealkylation sites (tertiary alicyclic amines) is 1. The van der Waals surface area contributed by atoms with Gasteiger partial charge in [-0.05, 0) is 32.1 Å². The average Bonchev–Trinajstić information content (AvgIpc) is 2.39. The summed E-state index contributed by atoms with van der Waals surface area (Å²) in [6.45, 7) is 5.93. The summed E-state index contributed by atoms with van der Waals surface area (Å²) >= 11 is 0. The highest BCUT2D eigenvalue weighted by Gasteiger charge is 2.34. The zero-order valence-corrected chi connectivity index (χ0v) is 11.7. The fraction of sp³-hybridized carbons (Fsp3) is 1.00. The fourth-order valence-corrected chi connectivity index (χ4v) is 3.93. The van der Waals surface area contributed by atoms with Crippen molar-refractivity contribution in [2.75, 3.05) is 19.6 Å². The van der Waals surface area contributed by atoms with Crippen molar-refractivity contribution >= 4 is 0 Å².